The molecule has 0 amide bonds. The van der Waals surface area contributed by atoms with Crippen molar-refractivity contribution in [1.82, 2.24) is 5.32 Å². The largest absolute Gasteiger partial charge is 0.395 e. The Balaban J connectivity index is 2.61. The average molecular weight is 243 g/mol. The Hall–Kier alpha value is -1.00. The highest BCUT2D eigenvalue weighted by Gasteiger charge is 2.32. The molecule has 0 aliphatic carbocycles. The number of hydrogen-bond donors (Lipinski definition) is 2. The van der Waals surface area contributed by atoms with Crippen LogP contribution in [-0.2, 0) is 5.92 Å². The number of aliphatic hydroxyl groups is 1. The summed E-state index contributed by atoms with van der Waals surface area (Å²) in [5.74, 6) is -2.80. The Bertz CT molecular complexity index is 327. The van der Waals surface area contributed by atoms with E-state index < -0.39 is 12.5 Å². The van der Waals surface area contributed by atoms with Gasteiger partial charge in [0.1, 0.15) is 0 Å². The SMILES string of the molecule is CC(C)C(CO)NCC(F)(F)c1ccccc1. The Morgan fingerprint density at radius 2 is 1.82 bits per heavy atom. The maximum Gasteiger partial charge on any atom is 0.285 e. The van der Waals surface area contributed by atoms with Crippen LogP contribution in [0.25, 0.3) is 0 Å². The van der Waals surface area contributed by atoms with Crippen LogP contribution in [0.1, 0.15) is 19.4 Å². The molecule has 0 radical (unpaired) electrons. The van der Waals surface area contributed by atoms with Crippen LogP contribution in [0.5, 0.6) is 0 Å². The first-order valence-corrected chi connectivity index (χ1v) is 5.75. The molecule has 1 unspecified atom stereocenters. The lowest BCUT2D eigenvalue weighted by molar-refractivity contribution is -0.00912. The van der Waals surface area contributed by atoms with Crippen molar-refractivity contribution >= 4 is 0 Å². The molecule has 2 N–H and O–H groups in total. The number of hydrogen-bond acceptors (Lipinski definition) is 2. The van der Waals surface area contributed by atoms with Gasteiger partial charge in [-0.05, 0) is 5.92 Å². The van der Waals surface area contributed by atoms with Crippen LogP contribution in [0.4, 0.5) is 8.78 Å². The van der Waals surface area contributed by atoms with Gasteiger partial charge in [-0.1, -0.05) is 44.2 Å². The van der Waals surface area contributed by atoms with Crippen molar-refractivity contribution in [3.8, 4) is 0 Å². The van der Waals surface area contributed by atoms with E-state index in [1.165, 1.54) is 12.1 Å². The molecule has 0 saturated heterocycles. The van der Waals surface area contributed by atoms with Crippen molar-refractivity contribution in [2.24, 2.45) is 5.92 Å². The summed E-state index contributed by atoms with van der Waals surface area (Å²) in [6.45, 7) is 3.17. The molecule has 2 nitrogen and oxygen atoms in total. The van der Waals surface area contributed by atoms with E-state index in [4.69, 9.17) is 5.11 Å². The van der Waals surface area contributed by atoms with Crippen LogP contribution in [0.15, 0.2) is 30.3 Å². The zero-order valence-electron chi connectivity index (χ0n) is 10.2. The molecule has 4 heteroatoms. The highest BCUT2D eigenvalue weighted by atomic mass is 19.3. The molecule has 17 heavy (non-hydrogen) atoms. The molecule has 0 aliphatic heterocycles. The first-order valence-electron chi connectivity index (χ1n) is 5.75. The van der Waals surface area contributed by atoms with Gasteiger partial charge in [0.05, 0.1) is 13.2 Å². The first-order chi connectivity index (χ1) is 7.97. The third kappa shape index (κ3) is 4.06. The van der Waals surface area contributed by atoms with Crippen LogP contribution >= 0.6 is 0 Å². The van der Waals surface area contributed by atoms with E-state index in [0.29, 0.717) is 0 Å². The lowest BCUT2D eigenvalue weighted by atomic mass is 10.0. The smallest absolute Gasteiger partial charge is 0.285 e. The fourth-order valence-corrected chi connectivity index (χ4v) is 1.55. The molecule has 1 atom stereocenters. The summed E-state index contributed by atoms with van der Waals surface area (Å²) in [5, 5.41) is 11.8. The zero-order valence-corrected chi connectivity index (χ0v) is 10.2. The van der Waals surface area contributed by atoms with E-state index in [0.717, 1.165) is 0 Å². The van der Waals surface area contributed by atoms with Crippen molar-refractivity contribution in [3.05, 3.63) is 35.9 Å². The normalized spacial score (nSPS) is 14.0. The van der Waals surface area contributed by atoms with E-state index in [-0.39, 0.29) is 24.1 Å². The van der Waals surface area contributed by atoms with E-state index in [1.807, 2.05) is 13.8 Å². The van der Waals surface area contributed by atoms with Crippen molar-refractivity contribution in [2.75, 3.05) is 13.2 Å². The number of alkyl halides is 2. The molecule has 1 aromatic carbocycles. The monoisotopic (exact) mass is 243 g/mol. The molecule has 1 aromatic rings. The molecule has 0 aliphatic rings. The summed E-state index contributed by atoms with van der Waals surface area (Å²) < 4.78 is 27.5. The molecule has 0 heterocycles. The van der Waals surface area contributed by atoms with Gasteiger partial charge in [0.25, 0.3) is 5.92 Å². The summed E-state index contributed by atoms with van der Waals surface area (Å²) in [6.07, 6.45) is 0. The number of aliphatic hydroxyl groups excluding tert-OH is 1. The van der Waals surface area contributed by atoms with Gasteiger partial charge < -0.3 is 10.4 Å². The van der Waals surface area contributed by atoms with E-state index >= 15 is 0 Å². The number of benzene rings is 1. The molecule has 0 spiro atoms. The molecule has 0 fully saturated rings. The number of nitrogens with one attached hydrogen (secondary N) is 1. The van der Waals surface area contributed by atoms with Crippen molar-refractivity contribution in [3.63, 3.8) is 0 Å². The third-order valence-electron chi connectivity index (χ3n) is 2.78. The van der Waals surface area contributed by atoms with Gasteiger partial charge in [-0.15, -0.1) is 0 Å². The van der Waals surface area contributed by atoms with Gasteiger partial charge in [0.2, 0.25) is 0 Å². The summed E-state index contributed by atoms with van der Waals surface area (Å²) in [6, 6.07) is 7.41. The zero-order chi connectivity index (χ0) is 12.9. The molecular weight excluding hydrogens is 224 g/mol. The first kappa shape index (κ1) is 14.1. The van der Waals surface area contributed by atoms with Gasteiger partial charge in [-0.2, -0.15) is 8.78 Å². The Kier molecular flexibility index (Phi) is 5.02. The summed E-state index contributed by atoms with van der Waals surface area (Å²) >= 11 is 0. The van der Waals surface area contributed by atoms with E-state index in [9.17, 15) is 8.78 Å². The summed E-state index contributed by atoms with van der Waals surface area (Å²) in [7, 11) is 0. The molecule has 1 rings (SSSR count). The molecule has 0 saturated carbocycles. The van der Waals surface area contributed by atoms with Crippen LogP contribution in [0.2, 0.25) is 0 Å². The van der Waals surface area contributed by atoms with Crippen LogP contribution in [0.3, 0.4) is 0 Å². The molecule has 0 aromatic heterocycles. The van der Waals surface area contributed by atoms with E-state index in [1.54, 1.807) is 18.2 Å². The second-order valence-electron chi connectivity index (χ2n) is 4.48. The van der Waals surface area contributed by atoms with Crippen molar-refractivity contribution in [1.29, 1.82) is 0 Å². The maximum atomic E-state index is 13.8. The average Bonchev–Trinajstić information content (AvgIpc) is 2.30. The maximum absolute atomic E-state index is 13.8. The van der Waals surface area contributed by atoms with Crippen LogP contribution in [0, 0.1) is 5.92 Å². The van der Waals surface area contributed by atoms with Gasteiger partial charge in [-0.3, -0.25) is 0 Å². The Labute approximate surface area is 101 Å². The Morgan fingerprint density at radius 1 is 1.24 bits per heavy atom. The second kappa shape index (κ2) is 6.07. The number of rotatable bonds is 6. The van der Waals surface area contributed by atoms with Crippen molar-refractivity contribution in [2.45, 2.75) is 25.8 Å². The van der Waals surface area contributed by atoms with E-state index in [2.05, 4.69) is 5.32 Å². The molecule has 96 valence electrons. The standard InChI is InChI=1S/C13H19F2NO/c1-10(2)12(8-17)16-9-13(14,15)11-6-4-3-5-7-11/h3-7,10,12,16-17H,8-9H2,1-2H3. The Morgan fingerprint density at radius 3 is 2.29 bits per heavy atom. The highest BCUT2D eigenvalue weighted by molar-refractivity contribution is 5.20. The third-order valence-corrected chi connectivity index (χ3v) is 2.78. The summed E-state index contributed by atoms with van der Waals surface area (Å²) in [4.78, 5) is 0. The highest BCUT2D eigenvalue weighted by Crippen LogP contribution is 2.26. The van der Waals surface area contributed by atoms with Gasteiger partial charge in [0, 0.05) is 11.6 Å². The van der Waals surface area contributed by atoms with Gasteiger partial charge in [0.15, 0.2) is 0 Å². The lowest BCUT2D eigenvalue weighted by Crippen LogP contribution is -2.42. The quantitative estimate of drug-likeness (QED) is 0.804. The predicted octanol–water partition coefficient (Wildman–Crippen LogP) is 2.38. The number of halogens is 2. The predicted molar refractivity (Wildman–Crippen MR) is 64.1 cm³/mol. The van der Waals surface area contributed by atoms with Gasteiger partial charge in [-0.25, -0.2) is 0 Å². The minimum atomic E-state index is -2.91. The van der Waals surface area contributed by atoms with Gasteiger partial charge >= 0.3 is 0 Å². The van der Waals surface area contributed by atoms with Crippen LogP contribution < -0.4 is 5.32 Å². The fraction of sp³-hybridized carbons (Fsp3) is 0.538. The van der Waals surface area contributed by atoms with Crippen molar-refractivity contribution < 1.29 is 13.9 Å². The summed E-state index contributed by atoms with van der Waals surface area (Å²) in [5.41, 5.74) is -0.00653. The molecular formula is C13H19F2NO. The lowest BCUT2D eigenvalue weighted by Gasteiger charge is -2.24. The minimum absolute atomic E-state index is 0.00653. The second-order valence-corrected chi connectivity index (χ2v) is 4.48. The molecule has 0 bridgehead atoms. The van der Waals surface area contributed by atoms with Crippen LogP contribution in [-0.4, -0.2) is 24.3 Å². The minimum Gasteiger partial charge on any atom is -0.395 e. The topological polar surface area (TPSA) is 32.3 Å². The fourth-order valence-electron chi connectivity index (χ4n) is 1.55.